The van der Waals surface area contributed by atoms with E-state index in [0.29, 0.717) is 0 Å². The van der Waals surface area contributed by atoms with E-state index in [1.807, 2.05) is 0 Å². The van der Waals surface area contributed by atoms with Crippen molar-refractivity contribution in [3.63, 3.8) is 0 Å². The number of hydrogen-bond acceptors (Lipinski definition) is 9. The highest BCUT2D eigenvalue weighted by Crippen LogP contribution is 2.15. The molecule has 0 radical (unpaired) electrons. The van der Waals surface area contributed by atoms with Gasteiger partial charge in [-0.15, -0.1) is 0 Å². The molecule has 0 spiro atoms. The normalized spacial score (nSPS) is 11.4. The largest absolute Gasteiger partial charge is 0.462 e. The molecular weight excluding hydrogens is 300 g/mol. The maximum atomic E-state index is 10.6. The van der Waals surface area contributed by atoms with Crippen molar-refractivity contribution in [2.24, 2.45) is 10.8 Å². The summed E-state index contributed by atoms with van der Waals surface area (Å²) in [6, 6.07) is 0. The molecule has 0 aromatic heterocycles. The van der Waals surface area contributed by atoms with Crippen LogP contribution in [0.4, 0.5) is 0 Å². The third-order valence-electron chi connectivity index (χ3n) is 3.04. The maximum absolute atomic E-state index is 10.6. The van der Waals surface area contributed by atoms with Gasteiger partial charge < -0.3 is 40.5 Å². The van der Waals surface area contributed by atoms with Crippen LogP contribution in [0.5, 0.6) is 0 Å². The van der Waals surface area contributed by atoms with E-state index in [1.54, 1.807) is 0 Å². The van der Waals surface area contributed by atoms with Crippen molar-refractivity contribution in [1.82, 2.24) is 0 Å². The number of carbonyl (C=O) groups is 1. The average molecular weight is 326 g/mol. The molecule has 0 rings (SSSR count). The summed E-state index contributed by atoms with van der Waals surface area (Å²) < 4.78 is 4.59. The van der Waals surface area contributed by atoms with Crippen molar-refractivity contribution in [2.75, 3.05) is 52.9 Å². The molecular formula is C13H26O9. The molecule has 0 amide bonds. The topological polar surface area (TPSA) is 168 Å². The summed E-state index contributed by atoms with van der Waals surface area (Å²) in [4.78, 5) is 10.6. The van der Waals surface area contributed by atoms with E-state index in [9.17, 15) is 4.79 Å². The number of aliphatic hydroxyl groups is 7. The summed E-state index contributed by atoms with van der Waals surface area (Å²) in [7, 11) is 0. The average Bonchev–Trinajstić information content (AvgIpc) is 2.59. The van der Waals surface area contributed by atoms with Crippen LogP contribution in [-0.4, -0.2) is 94.6 Å². The van der Waals surface area contributed by atoms with Gasteiger partial charge in [0, 0.05) is 6.08 Å². The third-order valence-corrected chi connectivity index (χ3v) is 3.04. The fraction of sp³-hybridized carbons (Fsp3) is 0.769. The fourth-order valence-corrected chi connectivity index (χ4v) is 0.870. The standard InChI is InChI=1S/C8H14O5.C5H12O4/c1-2-7(12)13-6-8(3-9,4-10)5-11;6-1-5(2-7,3-8)4-9/h2,9-11H,1,3-6H2;6-9H,1-4H2. The zero-order valence-corrected chi connectivity index (χ0v) is 12.4. The van der Waals surface area contributed by atoms with Gasteiger partial charge in [0.2, 0.25) is 0 Å². The van der Waals surface area contributed by atoms with E-state index >= 15 is 0 Å². The molecule has 0 aromatic rings. The number of hydrogen-bond donors (Lipinski definition) is 7. The molecule has 0 aliphatic rings. The van der Waals surface area contributed by atoms with Gasteiger partial charge in [0.15, 0.2) is 0 Å². The molecule has 7 N–H and O–H groups in total. The van der Waals surface area contributed by atoms with E-state index in [-0.39, 0.29) is 6.61 Å². The van der Waals surface area contributed by atoms with Crippen LogP contribution in [0.15, 0.2) is 12.7 Å². The summed E-state index contributed by atoms with van der Waals surface area (Å²) in [5, 5.41) is 60.5. The first-order valence-corrected chi connectivity index (χ1v) is 6.44. The van der Waals surface area contributed by atoms with E-state index in [2.05, 4.69) is 11.3 Å². The van der Waals surface area contributed by atoms with Gasteiger partial charge in [-0.1, -0.05) is 6.58 Å². The summed E-state index contributed by atoms with van der Waals surface area (Å²) in [6.45, 7) is -0.0449. The molecule has 0 atom stereocenters. The Bertz CT molecular complexity index is 272. The molecule has 0 heterocycles. The lowest BCUT2D eigenvalue weighted by Gasteiger charge is -2.26. The molecule has 0 aromatic carbocycles. The molecule has 0 saturated heterocycles. The van der Waals surface area contributed by atoms with Crippen molar-refractivity contribution in [3.8, 4) is 0 Å². The zero-order chi connectivity index (χ0) is 17.6. The van der Waals surface area contributed by atoms with Gasteiger partial charge in [-0.2, -0.15) is 0 Å². The second-order valence-electron chi connectivity index (χ2n) is 4.92. The molecule has 132 valence electrons. The van der Waals surface area contributed by atoms with Gasteiger partial charge in [0.1, 0.15) is 6.61 Å². The third kappa shape index (κ3) is 7.80. The highest BCUT2D eigenvalue weighted by molar-refractivity contribution is 5.81. The SMILES string of the molecule is C=CC(=O)OCC(CO)(CO)CO.OCC(CO)(CO)CO. The highest BCUT2D eigenvalue weighted by atomic mass is 16.5. The molecule has 0 bridgehead atoms. The van der Waals surface area contributed by atoms with Gasteiger partial charge in [0.25, 0.3) is 0 Å². The zero-order valence-electron chi connectivity index (χ0n) is 12.4. The number of rotatable bonds is 10. The van der Waals surface area contributed by atoms with Crippen LogP contribution >= 0.6 is 0 Å². The number of aliphatic hydroxyl groups excluding tert-OH is 7. The van der Waals surface area contributed by atoms with Gasteiger partial charge in [0.05, 0.1) is 57.1 Å². The summed E-state index contributed by atoms with van der Waals surface area (Å²) >= 11 is 0. The summed E-state index contributed by atoms with van der Waals surface area (Å²) in [5.74, 6) is -0.653. The van der Waals surface area contributed by atoms with E-state index in [1.165, 1.54) is 0 Å². The van der Waals surface area contributed by atoms with Crippen molar-refractivity contribution in [2.45, 2.75) is 0 Å². The molecule has 9 nitrogen and oxygen atoms in total. The molecule has 9 heteroatoms. The van der Waals surface area contributed by atoms with Crippen molar-refractivity contribution in [3.05, 3.63) is 12.7 Å². The smallest absolute Gasteiger partial charge is 0.330 e. The van der Waals surface area contributed by atoms with E-state index < -0.39 is 63.0 Å². The summed E-state index contributed by atoms with van der Waals surface area (Å²) in [5.41, 5.74) is -2.28. The van der Waals surface area contributed by atoms with Gasteiger partial charge in [-0.3, -0.25) is 0 Å². The van der Waals surface area contributed by atoms with Crippen LogP contribution < -0.4 is 0 Å². The Morgan fingerprint density at radius 3 is 1.27 bits per heavy atom. The fourth-order valence-electron chi connectivity index (χ4n) is 0.870. The predicted molar refractivity (Wildman–Crippen MR) is 75.6 cm³/mol. The second kappa shape index (κ2) is 12.5. The molecule has 0 fully saturated rings. The first-order chi connectivity index (χ1) is 10.4. The predicted octanol–water partition coefficient (Wildman–Crippen LogP) is -3.38. The maximum Gasteiger partial charge on any atom is 0.330 e. The minimum Gasteiger partial charge on any atom is -0.462 e. The quantitative estimate of drug-likeness (QED) is 0.160. The van der Waals surface area contributed by atoms with Crippen LogP contribution in [0.25, 0.3) is 0 Å². The molecule has 22 heavy (non-hydrogen) atoms. The van der Waals surface area contributed by atoms with E-state index in [0.717, 1.165) is 6.08 Å². The first kappa shape index (κ1) is 23.2. The Morgan fingerprint density at radius 2 is 1.09 bits per heavy atom. The molecule has 0 aliphatic heterocycles. The Labute approximate surface area is 128 Å². The van der Waals surface area contributed by atoms with Crippen LogP contribution in [0.1, 0.15) is 0 Å². The van der Waals surface area contributed by atoms with Crippen molar-refractivity contribution in [1.29, 1.82) is 0 Å². The number of carbonyl (C=O) groups excluding carboxylic acids is 1. The minimum absolute atomic E-state index is 0.235. The van der Waals surface area contributed by atoms with Crippen LogP contribution in [0.3, 0.4) is 0 Å². The lowest BCUT2D eigenvalue weighted by Crippen LogP contribution is -2.39. The van der Waals surface area contributed by atoms with Crippen LogP contribution in [-0.2, 0) is 9.53 Å². The first-order valence-electron chi connectivity index (χ1n) is 6.44. The molecule has 0 unspecified atom stereocenters. The lowest BCUT2D eigenvalue weighted by molar-refractivity contribution is -0.145. The van der Waals surface area contributed by atoms with E-state index in [4.69, 9.17) is 35.7 Å². The van der Waals surface area contributed by atoms with Gasteiger partial charge >= 0.3 is 5.97 Å². The Balaban J connectivity index is 0. The Kier molecular flexibility index (Phi) is 13.2. The number of ether oxygens (including phenoxy) is 1. The monoisotopic (exact) mass is 326 g/mol. The molecule has 0 saturated carbocycles. The van der Waals surface area contributed by atoms with Crippen molar-refractivity contribution >= 4 is 5.97 Å². The van der Waals surface area contributed by atoms with Gasteiger partial charge in [-0.05, 0) is 0 Å². The summed E-state index contributed by atoms with van der Waals surface area (Å²) in [6.07, 6.45) is 0.969. The Hall–Kier alpha value is -1.07. The lowest BCUT2D eigenvalue weighted by atomic mass is 9.93. The van der Waals surface area contributed by atoms with Crippen LogP contribution in [0, 0.1) is 10.8 Å². The minimum atomic E-state index is -1.17. The molecule has 0 aliphatic carbocycles. The highest BCUT2D eigenvalue weighted by Gasteiger charge is 2.29. The van der Waals surface area contributed by atoms with Gasteiger partial charge in [-0.25, -0.2) is 4.79 Å². The second-order valence-corrected chi connectivity index (χ2v) is 4.92. The van der Waals surface area contributed by atoms with Crippen molar-refractivity contribution < 1.29 is 45.3 Å². The number of esters is 1. The Morgan fingerprint density at radius 1 is 0.773 bits per heavy atom. The van der Waals surface area contributed by atoms with Crippen LogP contribution in [0.2, 0.25) is 0 Å².